The fourth-order valence-corrected chi connectivity index (χ4v) is 3.90. The van der Waals surface area contributed by atoms with E-state index in [4.69, 9.17) is 4.74 Å². The Morgan fingerprint density at radius 3 is 2.32 bits per heavy atom. The van der Waals surface area contributed by atoms with Crippen LogP contribution in [-0.2, 0) is 28.9 Å². The van der Waals surface area contributed by atoms with E-state index in [2.05, 4.69) is 4.72 Å². The predicted octanol–water partition coefficient (Wildman–Crippen LogP) is 2.24. The number of nitrogens with zero attached hydrogens (tertiary/aromatic N) is 2. The van der Waals surface area contributed by atoms with Crippen molar-refractivity contribution in [3.63, 3.8) is 0 Å². The van der Waals surface area contributed by atoms with E-state index in [1.807, 2.05) is 6.92 Å². The first kappa shape index (κ1) is 19.7. The molecule has 0 atom stereocenters. The van der Waals surface area contributed by atoms with E-state index in [1.165, 1.54) is 45.5 Å². The van der Waals surface area contributed by atoms with Crippen molar-refractivity contribution in [2.45, 2.75) is 18.2 Å². The number of sulfonamides is 1. The molecule has 0 aliphatic rings. The normalized spacial score (nSPS) is 11.5. The van der Waals surface area contributed by atoms with Gasteiger partial charge in [-0.05, 0) is 48.9 Å². The van der Waals surface area contributed by atoms with Crippen LogP contribution < -0.4 is 10.4 Å². The van der Waals surface area contributed by atoms with Crippen molar-refractivity contribution < 1.29 is 17.9 Å². The Kier molecular flexibility index (Phi) is 5.28. The molecule has 3 rings (SSSR count). The van der Waals surface area contributed by atoms with Crippen LogP contribution in [0.2, 0.25) is 0 Å². The minimum Gasteiger partial charge on any atom is -0.462 e. The number of aryl methyl sites for hydroxylation is 2. The molecule has 0 spiro atoms. The van der Waals surface area contributed by atoms with Crippen LogP contribution in [0.1, 0.15) is 23.7 Å². The molecule has 0 bridgehead atoms. The second-order valence-corrected chi connectivity index (χ2v) is 8.05. The molecule has 8 nitrogen and oxygen atoms in total. The van der Waals surface area contributed by atoms with Gasteiger partial charge >= 0.3 is 11.7 Å². The molecule has 3 aromatic rings. The third-order valence-electron chi connectivity index (χ3n) is 4.36. The molecule has 0 fully saturated rings. The van der Waals surface area contributed by atoms with E-state index in [-0.39, 0.29) is 10.6 Å². The highest BCUT2D eigenvalue weighted by molar-refractivity contribution is 7.92. The number of rotatable bonds is 6. The number of fused-ring (bicyclic) bond motifs is 1. The minimum absolute atomic E-state index is 0.0348. The van der Waals surface area contributed by atoms with Gasteiger partial charge in [-0.1, -0.05) is 6.92 Å². The van der Waals surface area contributed by atoms with Gasteiger partial charge in [-0.2, -0.15) is 0 Å². The largest absolute Gasteiger partial charge is 0.462 e. The van der Waals surface area contributed by atoms with Crippen molar-refractivity contribution in [1.82, 2.24) is 9.13 Å². The molecule has 2 aromatic carbocycles. The molecule has 1 heterocycles. The summed E-state index contributed by atoms with van der Waals surface area (Å²) in [5, 5.41) is 0. The van der Waals surface area contributed by atoms with E-state index in [9.17, 15) is 18.0 Å². The van der Waals surface area contributed by atoms with Gasteiger partial charge in [-0.25, -0.2) is 18.0 Å². The third-order valence-corrected chi connectivity index (χ3v) is 5.74. The number of carbonyl (C=O) groups is 1. The monoisotopic (exact) mass is 403 g/mol. The summed E-state index contributed by atoms with van der Waals surface area (Å²) in [6.45, 7) is 2.23. The third kappa shape index (κ3) is 3.65. The topological polar surface area (TPSA) is 99.4 Å². The Bertz CT molecular complexity index is 1190. The maximum Gasteiger partial charge on any atom is 0.338 e. The lowest BCUT2D eigenvalue weighted by molar-refractivity contribution is 0.0505. The maximum absolute atomic E-state index is 12.7. The van der Waals surface area contributed by atoms with Crippen LogP contribution in [0.5, 0.6) is 0 Å². The number of esters is 1. The summed E-state index contributed by atoms with van der Waals surface area (Å²) in [6.07, 6.45) is 0.723. The van der Waals surface area contributed by atoms with Gasteiger partial charge in [-0.15, -0.1) is 0 Å². The van der Waals surface area contributed by atoms with Gasteiger partial charge in [0.15, 0.2) is 0 Å². The van der Waals surface area contributed by atoms with E-state index in [0.717, 1.165) is 6.42 Å². The molecule has 28 heavy (non-hydrogen) atoms. The van der Waals surface area contributed by atoms with Crippen molar-refractivity contribution in [3.05, 3.63) is 58.5 Å². The van der Waals surface area contributed by atoms with Crippen LogP contribution in [0.15, 0.2) is 52.2 Å². The van der Waals surface area contributed by atoms with Gasteiger partial charge in [0.05, 0.1) is 28.1 Å². The van der Waals surface area contributed by atoms with Gasteiger partial charge < -0.3 is 4.74 Å². The molecule has 0 amide bonds. The Morgan fingerprint density at radius 1 is 1.04 bits per heavy atom. The summed E-state index contributed by atoms with van der Waals surface area (Å²) < 4.78 is 35.8. The number of anilines is 1. The molecule has 148 valence electrons. The minimum atomic E-state index is -3.86. The first-order valence-electron chi connectivity index (χ1n) is 8.70. The van der Waals surface area contributed by atoms with Crippen LogP contribution in [-0.4, -0.2) is 30.1 Å². The summed E-state index contributed by atoms with van der Waals surface area (Å²) in [5.74, 6) is -0.452. The summed E-state index contributed by atoms with van der Waals surface area (Å²) >= 11 is 0. The number of hydrogen-bond donors (Lipinski definition) is 1. The number of ether oxygens (including phenoxy) is 1. The molecule has 0 saturated carbocycles. The Hall–Kier alpha value is -3.07. The summed E-state index contributed by atoms with van der Waals surface area (Å²) in [4.78, 5) is 23.9. The fraction of sp³-hybridized carbons (Fsp3) is 0.263. The zero-order valence-corrected chi connectivity index (χ0v) is 16.6. The summed E-state index contributed by atoms with van der Waals surface area (Å²) in [6, 6.07) is 10.5. The molecule has 9 heteroatoms. The first-order valence-corrected chi connectivity index (χ1v) is 10.2. The van der Waals surface area contributed by atoms with Crippen molar-refractivity contribution in [1.29, 1.82) is 0 Å². The summed E-state index contributed by atoms with van der Waals surface area (Å²) in [5.41, 5.74) is 1.58. The second kappa shape index (κ2) is 7.51. The lowest BCUT2D eigenvalue weighted by atomic mass is 10.2. The SMILES string of the molecule is CCCOC(=O)c1ccc(NS(=O)(=O)c2ccc3c(c2)n(C)c(=O)n3C)cc1. The highest BCUT2D eigenvalue weighted by atomic mass is 32.2. The van der Waals surface area contributed by atoms with E-state index < -0.39 is 16.0 Å². The van der Waals surface area contributed by atoms with Crippen molar-refractivity contribution >= 4 is 32.7 Å². The maximum atomic E-state index is 12.7. The zero-order chi connectivity index (χ0) is 20.5. The van der Waals surface area contributed by atoms with Crippen LogP contribution in [0.3, 0.4) is 0 Å². The van der Waals surface area contributed by atoms with Gasteiger partial charge in [-0.3, -0.25) is 13.9 Å². The van der Waals surface area contributed by atoms with E-state index in [1.54, 1.807) is 20.2 Å². The molecule has 0 saturated heterocycles. The standard InChI is InChI=1S/C19H21N3O5S/c1-4-11-27-18(23)13-5-7-14(8-6-13)20-28(25,26)15-9-10-16-17(12-15)22(3)19(24)21(16)2/h5-10,12,20H,4,11H2,1-3H3. The zero-order valence-electron chi connectivity index (χ0n) is 15.8. The summed E-state index contributed by atoms with van der Waals surface area (Å²) in [7, 11) is -0.646. The molecule has 1 N–H and O–H groups in total. The lowest BCUT2D eigenvalue weighted by Gasteiger charge is -2.09. The molecular formula is C19H21N3O5S. The van der Waals surface area contributed by atoms with Crippen LogP contribution >= 0.6 is 0 Å². The molecule has 0 aliphatic carbocycles. The van der Waals surface area contributed by atoms with Gasteiger partial charge in [0.25, 0.3) is 10.0 Å². The van der Waals surface area contributed by atoms with Crippen LogP contribution in [0.25, 0.3) is 11.0 Å². The molecule has 0 unspecified atom stereocenters. The number of imidazole rings is 1. The first-order chi connectivity index (χ1) is 13.2. The van der Waals surface area contributed by atoms with Gasteiger partial charge in [0.1, 0.15) is 0 Å². The van der Waals surface area contributed by atoms with Gasteiger partial charge in [0.2, 0.25) is 0 Å². The van der Waals surface area contributed by atoms with Crippen molar-refractivity contribution in [3.8, 4) is 0 Å². The average molecular weight is 403 g/mol. The highest BCUT2D eigenvalue weighted by Crippen LogP contribution is 2.21. The number of benzene rings is 2. The number of hydrogen-bond acceptors (Lipinski definition) is 5. The van der Waals surface area contributed by atoms with E-state index >= 15 is 0 Å². The Morgan fingerprint density at radius 2 is 1.68 bits per heavy atom. The molecular weight excluding hydrogens is 382 g/mol. The van der Waals surface area contributed by atoms with Crippen molar-refractivity contribution in [2.75, 3.05) is 11.3 Å². The number of carbonyl (C=O) groups excluding carboxylic acids is 1. The van der Waals surface area contributed by atoms with Crippen molar-refractivity contribution in [2.24, 2.45) is 14.1 Å². The van der Waals surface area contributed by atoms with Crippen LogP contribution in [0, 0.1) is 0 Å². The Balaban J connectivity index is 1.86. The fourth-order valence-electron chi connectivity index (χ4n) is 2.82. The predicted molar refractivity (Wildman–Crippen MR) is 106 cm³/mol. The molecule has 0 aliphatic heterocycles. The quantitative estimate of drug-likeness (QED) is 0.637. The second-order valence-electron chi connectivity index (χ2n) is 6.37. The smallest absolute Gasteiger partial charge is 0.338 e. The van der Waals surface area contributed by atoms with Gasteiger partial charge in [0, 0.05) is 19.8 Å². The highest BCUT2D eigenvalue weighted by Gasteiger charge is 2.18. The van der Waals surface area contributed by atoms with Crippen LogP contribution in [0.4, 0.5) is 5.69 Å². The molecule has 0 radical (unpaired) electrons. The Labute approximate surface area is 162 Å². The lowest BCUT2D eigenvalue weighted by Crippen LogP contribution is -2.19. The van der Waals surface area contributed by atoms with E-state index in [0.29, 0.717) is 28.9 Å². The average Bonchev–Trinajstić information content (AvgIpc) is 2.90. The molecule has 1 aromatic heterocycles. The number of aromatic nitrogens is 2. The number of nitrogens with one attached hydrogen (secondary N) is 1.